The van der Waals surface area contributed by atoms with Crippen LogP contribution in [0.4, 0.5) is 0 Å². The van der Waals surface area contributed by atoms with Crippen LogP contribution in [0.1, 0.15) is 12.0 Å². The monoisotopic (exact) mass is 340 g/mol. The van der Waals surface area contributed by atoms with E-state index in [0.29, 0.717) is 19.5 Å². The first-order valence-electron chi connectivity index (χ1n) is 7.77. The zero-order valence-corrected chi connectivity index (χ0v) is 13.9. The molecule has 0 bridgehead atoms. The summed E-state index contributed by atoms with van der Waals surface area (Å²) in [6.07, 6.45) is 1.71. The molecule has 0 unspecified atom stereocenters. The highest BCUT2D eigenvalue weighted by atomic mass is 32.2. The highest BCUT2D eigenvalue weighted by Gasteiger charge is 2.12. The minimum absolute atomic E-state index is 0.0213. The summed E-state index contributed by atoms with van der Waals surface area (Å²) in [7, 11) is -3.65. The molecule has 2 rings (SSSR count). The molecule has 0 aliphatic carbocycles. The van der Waals surface area contributed by atoms with E-state index >= 15 is 0 Å². The number of benzene rings is 1. The normalized spacial score (nSPS) is 16.7. The van der Waals surface area contributed by atoms with Gasteiger partial charge in [-0.2, -0.15) is 0 Å². The van der Waals surface area contributed by atoms with E-state index in [1.54, 1.807) is 12.1 Å². The first-order chi connectivity index (χ1) is 10.9. The minimum atomic E-state index is -3.65. The maximum Gasteiger partial charge on any atom is 0.238 e. The Morgan fingerprint density at radius 2 is 1.96 bits per heavy atom. The molecule has 8 heteroatoms. The molecule has 128 valence electrons. The van der Waals surface area contributed by atoms with Crippen LogP contribution >= 0.6 is 0 Å². The Morgan fingerprint density at radius 1 is 1.22 bits per heavy atom. The number of hydrogen-bond donors (Lipinski definition) is 3. The van der Waals surface area contributed by atoms with E-state index in [1.807, 2.05) is 0 Å². The van der Waals surface area contributed by atoms with Crippen molar-refractivity contribution in [3.05, 3.63) is 29.8 Å². The molecule has 0 saturated carbocycles. The Balaban J connectivity index is 1.72. The molecular formula is C15H24N4O3S. The van der Waals surface area contributed by atoms with Gasteiger partial charge in [-0.15, -0.1) is 0 Å². The molecule has 1 fully saturated rings. The van der Waals surface area contributed by atoms with E-state index in [0.717, 1.165) is 38.2 Å². The van der Waals surface area contributed by atoms with Crippen molar-refractivity contribution in [2.24, 2.45) is 5.14 Å². The second kappa shape index (κ2) is 8.39. The lowest BCUT2D eigenvalue weighted by atomic mass is 10.1. The first kappa shape index (κ1) is 17.9. The quantitative estimate of drug-likeness (QED) is 0.634. The van der Waals surface area contributed by atoms with Crippen LogP contribution in [0.2, 0.25) is 0 Å². The summed E-state index contributed by atoms with van der Waals surface area (Å²) < 4.78 is 22.3. The van der Waals surface area contributed by atoms with E-state index in [-0.39, 0.29) is 10.8 Å². The molecule has 1 saturated heterocycles. The fourth-order valence-corrected chi connectivity index (χ4v) is 3.03. The van der Waals surface area contributed by atoms with Crippen LogP contribution in [0.5, 0.6) is 0 Å². The number of sulfonamides is 1. The number of nitrogens with two attached hydrogens (primary N) is 1. The zero-order valence-electron chi connectivity index (χ0n) is 13.1. The fraction of sp³-hybridized carbons (Fsp3) is 0.533. The molecule has 1 aliphatic rings. The number of carbonyl (C=O) groups is 1. The topological polar surface area (TPSA) is 105 Å². The Bertz CT molecular complexity index is 608. The third kappa shape index (κ3) is 6.26. The largest absolute Gasteiger partial charge is 0.355 e. The van der Waals surface area contributed by atoms with Gasteiger partial charge in [0.25, 0.3) is 0 Å². The number of rotatable bonds is 6. The fourth-order valence-electron chi connectivity index (χ4n) is 2.51. The van der Waals surface area contributed by atoms with Crippen molar-refractivity contribution in [3.63, 3.8) is 0 Å². The molecule has 0 aromatic heterocycles. The van der Waals surface area contributed by atoms with Crippen LogP contribution < -0.4 is 15.8 Å². The van der Waals surface area contributed by atoms with Crippen molar-refractivity contribution in [3.8, 4) is 0 Å². The van der Waals surface area contributed by atoms with Gasteiger partial charge in [0.2, 0.25) is 15.9 Å². The average molecular weight is 340 g/mol. The number of nitrogens with one attached hydrogen (secondary N) is 2. The highest BCUT2D eigenvalue weighted by Crippen LogP contribution is 2.08. The van der Waals surface area contributed by atoms with Gasteiger partial charge in [0.1, 0.15) is 0 Å². The summed E-state index contributed by atoms with van der Waals surface area (Å²) in [6, 6.07) is 6.40. The van der Waals surface area contributed by atoms with Gasteiger partial charge in [0, 0.05) is 19.6 Å². The molecule has 0 spiro atoms. The molecule has 7 nitrogen and oxygen atoms in total. The van der Waals surface area contributed by atoms with E-state index in [2.05, 4.69) is 15.5 Å². The summed E-state index contributed by atoms with van der Waals surface area (Å²) >= 11 is 0. The molecule has 0 radical (unpaired) electrons. The number of carbonyl (C=O) groups excluding carboxylic acids is 1. The first-order valence-corrected chi connectivity index (χ1v) is 9.31. The van der Waals surface area contributed by atoms with Gasteiger partial charge in [0.05, 0.1) is 11.4 Å². The lowest BCUT2D eigenvalue weighted by molar-refractivity contribution is -0.122. The predicted molar refractivity (Wildman–Crippen MR) is 88.5 cm³/mol. The van der Waals surface area contributed by atoms with Crippen molar-refractivity contribution in [2.75, 3.05) is 39.3 Å². The summed E-state index contributed by atoms with van der Waals surface area (Å²) in [6.45, 7) is 4.71. The van der Waals surface area contributed by atoms with Gasteiger partial charge < -0.3 is 10.6 Å². The molecule has 4 N–H and O–H groups in total. The maximum absolute atomic E-state index is 11.9. The third-order valence-electron chi connectivity index (χ3n) is 3.79. The Hall–Kier alpha value is -1.48. The van der Waals surface area contributed by atoms with Gasteiger partial charge in [-0.25, -0.2) is 13.6 Å². The van der Waals surface area contributed by atoms with Gasteiger partial charge >= 0.3 is 0 Å². The molecule has 0 atom stereocenters. The molecule has 1 aromatic carbocycles. The Kier molecular flexibility index (Phi) is 6.52. The standard InChI is InChI=1S/C15H24N4O3S/c16-23(21,22)14-4-2-13(3-5-14)6-8-18-15(20)12-19-10-1-7-17-9-11-19/h2-5,17H,1,6-12H2,(H,18,20)(H2,16,21,22). The average Bonchev–Trinajstić information content (AvgIpc) is 2.75. The lowest BCUT2D eigenvalue weighted by Crippen LogP contribution is -2.39. The van der Waals surface area contributed by atoms with Gasteiger partial charge in [-0.3, -0.25) is 9.69 Å². The smallest absolute Gasteiger partial charge is 0.238 e. The summed E-state index contributed by atoms with van der Waals surface area (Å²) in [4.78, 5) is 14.2. The Morgan fingerprint density at radius 3 is 2.65 bits per heavy atom. The van der Waals surface area contributed by atoms with Crippen LogP contribution in [0.25, 0.3) is 0 Å². The number of primary sulfonamides is 1. The second-order valence-electron chi connectivity index (χ2n) is 5.67. The Labute approximate surface area is 137 Å². The maximum atomic E-state index is 11.9. The van der Waals surface area contributed by atoms with Crippen LogP contribution in [-0.2, 0) is 21.2 Å². The van der Waals surface area contributed by atoms with Crippen molar-refractivity contribution in [1.29, 1.82) is 0 Å². The zero-order chi connectivity index (χ0) is 16.7. The minimum Gasteiger partial charge on any atom is -0.355 e. The predicted octanol–water partition coefficient (Wildman–Crippen LogP) is -0.712. The van der Waals surface area contributed by atoms with Crippen molar-refractivity contribution in [1.82, 2.24) is 15.5 Å². The van der Waals surface area contributed by atoms with Gasteiger partial charge in [-0.1, -0.05) is 12.1 Å². The van der Waals surface area contributed by atoms with Gasteiger partial charge in [-0.05, 0) is 43.6 Å². The molecule has 23 heavy (non-hydrogen) atoms. The van der Waals surface area contributed by atoms with E-state index in [9.17, 15) is 13.2 Å². The molecule has 1 heterocycles. The molecule has 1 aliphatic heterocycles. The second-order valence-corrected chi connectivity index (χ2v) is 7.23. The van der Waals surface area contributed by atoms with E-state index in [4.69, 9.17) is 5.14 Å². The SMILES string of the molecule is NS(=O)(=O)c1ccc(CCNC(=O)CN2CCCNCC2)cc1. The lowest BCUT2D eigenvalue weighted by Gasteiger charge is -2.18. The summed E-state index contributed by atoms with van der Waals surface area (Å²) in [5.74, 6) is 0.0213. The number of amides is 1. The van der Waals surface area contributed by atoms with E-state index < -0.39 is 10.0 Å². The van der Waals surface area contributed by atoms with Crippen LogP contribution in [0, 0.1) is 0 Å². The summed E-state index contributed by atoms with van der Waals surface area (Å²) in [5, 5.41) is 11.3. The third-order valence-corrected chi connectivity index (χ3v) is 4.72. The van der Waals surface area contributed by atoms with Crippen molar-refractivity contribution >= 4 is 15.9 Å². The van der Waals surface area contributed by atoms with Crippen LogP contribution in [0.3, 0.4) is 0 Å². The van der Waals surface area contributed by atoms with Crippen LogP contribution in [0.15, 0.2) is 29.2 Å². The summed E-state index contributed by atoms with van der Waals surface area (Å²) in [5.41, 5.74) is 0.955. The number of hydrogen-bond acceptors (Lipinski definition) is 5. The van der Waals surface area contributed by atoms with Gasteiger partial charge in [0.15, 0.2) is 0 Å². The van der Waals surface area contributed by atoms with Crippen LogP contribution in [-0.4, -0.2) is 58.5 Å². The van der Waals surface area contributed by atoms with Crippen molar-refractivity contribution in [2.45, 2.75) is 17.7 Å². The van der Waals surface area contributed by atoms with Crippen molar-refractivity contribution < 1.29 is 13.2 Å². The molecule has 1 aromatic rings. The molecular weight excluding hydrogens is 316 g/mol. The highest BCUT2D eigenvalue weighted by molar-refractivity contribution is 7.89. The number of nitrogens with zero attached hydrogens (tertiary/aromatic N) is 1. The van der Waals surface area contributed by atoms with E-state index in [1.165, 1.54) is 12.1 Å². The molecule has 1 amide bonds.